The van der Waals surface area contributed by atoms with Crippen LogP contribution >= 0.6 is 0 Å². The Morgan fingerprint density at radius 3 is 2.86 bits per heavy atom. The van der Waals surface area contributed by atoms with Gasteiger partial charge in [0, 0.05) is 19.0 Å². The highest BCUT2D eigenvalue weighted by Crippen LogP contribution is 2.35. The van der Waals surface area contributed by atoms with Gasteiger partial charge in [-0.25, -0.2) is 0 Å². The minimum atomic E-state index is 0.537. The number of nitrogens with zero attached hydrogens (tertiary/aromatic N) is 1. The number of amidine groups is 1. The van der Waals surface area contributed by atoms with Gasteiger partial charge >= 0.3 is 0 Å². The van der Waals surface area contributed by atoms with E-state index in [1.165, 1.54) is 44.4 Å². The Morgan fingerprint density at radius 1 is 1.36 bits per heavy atom. The molecule has 1 N–H and O–H groups in total. The van der Waals surface area contributed by atoms with Gasteiger partial charge < -0.3 is 5.32 Å². The van der Waals surface area contributed by atoms with Crippen LogP contribution < -0.4 is 5.32 Å². The summed E-state index contributed by atoms with van der Waals surface area (Å²) in [6.07, 6.45) is 7.83. The van der Waals surface area contributed by atoms with Crippen LogP contribution in [0.4, 0.5) is 0 Å². The molecule has 0 amide bonds. The first-order chi connectivity index (χ1) is 6.66. The molecule has 0 spiro atoms. The summed E-state index contributed by atoms with van der Waals surface area (Å²) >= 11 is 0. The molecule has 0 bridgehead atoms. The summed E-state index contributed by atoms with van der Waals surface area (Å²) in [5.74, 6) is 1.27. The second-order valence-electron chi connectivity index (χ2n) is 5.53. The van der Waals surface area contributed by atoms with E-state index in [9.17, 15) is 0 Å². The molecular formula is C12H22N2. The first-order valence-corrected chi connectivity index (χ1v) is 5.96. The van der Waals surface area contributed by atoms with E-state index in [0.717, 1.165) is 6.54 Å². The molecule has 0 saturated heterocycles. The highest BCUT2D eigenvalue weighted by molar-refractivity contribution is 5.83. The van der Waals surface area contributed by atoms with Crippen LogP contribution in [0.2, 0.25) is 0 Å². The summed E-state index contributed by atoms with van der Waals surface area (Å²) in [6.45, 7) is 5.81. The van der Waals surface area contributed by atoms with Crippen molar-refractivity contribution in [3.05, 3.63) is 0 Å². The van der Waals surface area contributed by atoms with Crippen LogP contribution in [0.15, 0.2) is 4.99 Å². The number of rotatable bonds is 1. The zero-order valence-electron chi connectivity index (χ0n) is 9.47. The van der Waals surface area contributed by atoms with Crippen molar-refractivity contribution in [3.8, 4) is 0 Å². The van der Waals surface area contributed by atoms with Gasteiger partial charge in [-0.2, -0.15) is 0 Å². The second-order valence-corrected chi connectivity index (χ2v) is 5.53. The molecule has 2 aliphatic rings. The zero-order valence-corrected chi connectivity index (χ0v) is 9.47. The third kappa shape index (κ3) is 2.49. The number of nitrogens with one attached hydrogen (secondary N) is 1. The van der Waals surface area contributed by atoms with Crippen LogP contribution in [-0.2, 0) is 0 Å². The van der Waals surface area contributed by atoms with E-state index in [0.29, 0.717) is 11.5 Å². The molecule has 14 heavy (non-hydrogen) atoms. The van der Waals surface area contributed by atoms with E-state index < -0.39 is 0 Å². The van der Waals surface area contributed by atoms with Crippen LogP contribution in [0, 0.1) is 5.41 Å². The first kappa shape index (κ1) is 10.0. The lowest BCUT2D eigenvalue weighted by Gasteiger charge is -2.36. The normalized spacial score (nSPS) is 31.3. The average Bonchev–Trinajstić information content (AvgIpc) is 2.54. The molecular weight excluding hydrogens is 172 g/mol. The number of aliphatic imine (C=N–C) groups is 1. The Kier molecular flexibility index (Phi) is 2.80. The van der Waals surface area contributed by atoms with Crippen LogP contribution in [0.5, 0.6) is 0 Å². The summed E-state index contributed by atoms with van der Waals surface area (Å²) in [6, 6.07) is 0.690. The summed E-state index contributed by atoms with van der Waals surface area (Å²) in [5.41, 5.74) is 0.537. The van der Waals surface area contributed by atoms with Crippen molar-refractivity contribution in [2.24, 2.45) is 10.4 Å². The summed E-state index contributed by atoms with van der Waals surface area (Å²) in [4.78, 5) is 4.48. The van der Waals surface area contributed by atoms with Gasteiger partial charge in [-0.3, -0.25) is 4.99 Å². The molecule has 1 aliphatic carbocycles. The maximum absolute atomic E-state index is 4.48. The Morgan fingerprint density at radius 2 is 2.21 bits per heavy atom. The van der Waals surface area contributed by atoms with Gasteiger partial charge in [-0.15, -0.1) is 0 Å². The van der Waals surface area contributed by atoms with E-state index in [1.807, 2.05) is 0 Å². The van der Waals surface area contributed by atoms with Crippen molar-refractivity contribution in [3.63, 3.8) is 0 Å². The molecule has 1 aliphatic heterocycles. The second kappa shape index (κ2) is 3.92. The Hall–Kier alpha value is -0.530. The zero-order chi connectivity index (χ0) is 10.0. The Bertz CT molecular complexity index is 230. The van der Waals surface area contributed by atoms with Gasteiger partial charge in [-0.05, 0) is 31.1 Å². The first-order valence-electron chi connectivity index (χ1n) is 5.96. The quantitative estimate of drug-likeness (QED) is 0.682. The van der Waals surface area contributed by atoms with Crippen LogP contribution in [0.1, 0.15) is 52.4 Å². The van der Waals surface area contributed by atoms with Crippen molar-refractivity contribution in [2.45, 2.75) is 58.4 Å². The largest absolute Gasteiger partial charge is 0.371 e. The highest BCUT2D eigenvalue weighted by Gasteiger charge is 2.28. The molecule has 80 valence electrons. The van der Waals surface area contributed by atoms with Crippen molar-refractivity contribution >= 4 is 5.84 Å². The Labute approximate surface area is 87.2 Å². The van der Waals surface area contributed by atoms with Crippen LogP contribution in [0.25, 0.3) is 0 Å². The molecule has 1 saturated carbocycles. The maximum Gasteiger partial charge on any atom is 0.0965 e. The molecule has 2 rings (SSSR count). The SMILES string of the molecule is CC1(C)CCCC(NC2=NCCC2)C1. The number of hydrogen-bond donors (Lipinski definition) is 1. The van der Waals surface area contributed by atoms with E-state index in [4.69, 9.17) is 0 Å². The van der Waals surface area contributed by atoms with Crippen LogP contribution in [-0.4, -0.2) is 18.4 Å². The third-order valence-electron chi connectivity index (χ3n) is 3.45. The molecule has 1 fully saturated rings. The van der Waals surface area contributed by atoms with Crippen LogP contribution in [0.3, 0.4) is 0 Å². The molecule has 0 aromatic heterocycles. The van der Waals surface area contributed by atoms with Crippen molar-refractivity contribution in [1.29, 1.82) is 0 Å². The fourth-order valence-electron chi connectivity index (χ4n) is 2.71. The van der Waals surface area contributed by atoms with E-state index in [2.05, 4.69) is 24.2 Å². The molecule has 1 unspecified atom stereocenters. The fraction of sp³-hybridized carbons (Fsp3) is 0.917. The molecule has 0 radical (unpaired) electrons. The van der Waals surface area contributed by atoms with E-state index in [-0.39, 0.29) is 0 Å². The predicted octanol–water partition coefficient (Wildman–Crippen LogP) is 2.74. The van der Waals surface area contributed by atoms with Crippen molar-refractivity contribution in [2.75, 3.05) is 6.54 Å². The maximum atomic E-state index is 4.48. The lowest BCUT2D eigenvalue weighted by Crippen LogP contribution is -2.40. The molecule has 1 atom stereocenters. The van der Waals surface area contributed by atoms with Crippen molar-refractivity contribution < 1.29 is 0 Å². The minimum Gasteiger partial charge on any atom is -0.371 e. The molecule has 0 aromatic rings. The topological polar surface area (TPSA) is 24.4 Å². The molecule has 2 nitrogen and oxygen atoms in total. The molecule has 1 heterocycles. The summed E-state index contributed by atoms with van der Waals surface area (Å²) < 4.78 is 0. The lowest BCUT2D eigenvalue weighted by molar-refractivity contribution is 0.210. The van der Waals surface area contributed by atoms with E-state index >= 15 is 0 Å². The van der Waals surface area contributed by atoms with Gasteiger partial charge in [-0.1, -0.05) is 20.3 Å². The summed E-state index contributed by atoms with van der Waals surface area (Å²) in [7, 11) is 0. The Balaban J connectivity index is 1.85. The molecule has 0 aromatic carbocycles. The smallest absolute Gasteiger partial charge is 0.0965 e. The highest BCUT2D eigenvalue weighted by atomic mass is 15.0. The predicted molar refractivity (Wildman–Crippen MR) is 60.7 cm³/mol. The van der Waals surface area contributed by atoms with Crippen molar-refractivity contribution in [1.82, 2.24) is 5.32 Å². The van der Waals surface area contributed by atoms with Gasteiger partial charge in [0.1, 0.15) is 0 Å². The monoisotopic (exact) mass is 194 g/mol. The summed E-state index contributed by atoms with van der Waals surface area (Å²) in [5, 5.41) is 3.62. The van der Waals surface area contributed by atoms with Gasteiger partial charge in [0.15, 0.2) is 0 Å². The van der Waals surface area contributed by atoms with Gasteiger partial charge in [0.25, 0.3) is 0 Å². The fourth-order valence-corrected chi connectivity index (χ4v) is 2.71. The van der Waals surface area contributed by atoms with Gasteiger partial charge in [0.05, 0.1) is 5.84 Å². The number of hydrogen-bond acceptors (Lipinski definition) is 2. The minimum absolute atomic E-state index is 0.537. The molecule has 2 heteroatoms. The third-order valence-corrected chi connectivity index (χ3v) is 3.45. The lowest BCUT2D eigenvalue weighted by atomic mass is 9.75. The van der Waals surface area contributed by atoms with E-state index in [1.54, 1.807) is 0 Å². The standard InChI is InChI=1S/C12H22N2/c1-12(2)7-3-5-10(9-12)14-11-6-4-8-13-11/h10H,3-9H2,1-2H3,(H,13,14). The van der Waals surface area contributed by atoms with Gasteiger partial charge in [0.2, 0.25) is 0 Å². The average molecular weight is 194 g/mol.